The number of hydrogen-bond acceptors (Lipinski definition) is 10. The van der Waals surface area contributed by atoms with Crippen molar-refractivity contribution in [1.82, 2.24) is 35.9 Å². The molecule has 4 aliphatic rings. The molecule has 19 nitrogen and oxygen atoms in total. The van der Waals surface area contributed by atoms with E-state index < -0.39 is 52.7 Å². The molecule has 75 heavy (non-hydrogen) atoms. The summed E-state index contributed by atoms with van der Waals surface area (Å²) in [4.78, 5) is 94.0. The largest absolute Gasteiger partial charge is 0.573 e. The average molecular weight is 1030 g/mol. The SMILES string of the molecule is C=CC(=O)Nc1cc(C(=O)Nc2cc(-c3cc4c([nH]3)C3(CCC[N+](=CC(=O)Nc5cc(C(=O)Nc6cc(-c7cc8c([nH]7)C7(CCCNC7)CNC8=O)ccn6)ccc5F)C3)CNC4=O)ccn2)ccc1OC(F)(F)F. The number of anilines is 4. The van der Waals surface area contributed by atoms with E-state index in [-0.39, 0.29) is 58.8 Å². The van der Waals surface area contributed by atoms with Crippen LogP contribution in [-0.4, -0.2) is 112 Å². The molecule has 4 aliphatic heterocycles. The second-order valence-corrected chi connectivity index (χ2v) is 18.8. The van der Waals surface area contributed by atoms with E-state index in [2.05, 4.69) is 68.5 Å². The molecule has 2 aromatic carbocycles. The number of benzene rings is 2. The number of fused-ring (bicyclic) bond motifs is 4. The Hall–Kier alpha value is -8.99. The van der Waals surface area contributed by atoms with Gasteiger partial charge in [-0.25, -0.2) is 18.9 Å². The molecule has 0 saturated carbocycles. The van der Waals surface area contributed by atoms with Crippen LogP contribution in [0.2, 0.25) is 0 Å². The Morgan fingerprint density at radius 3 is 1.87 bits per heavy atom. The van der Waals surface area contributed by atoms with Crippen LogP contribution in [0.4, 0.5) is 40.6 Å². The lowest BCUT2D eigenvalue weighted by Gasteiger charge is -2.40. The summed E-state index contributed by atoms with van der Waals surface area (Å²) in [7, 11) is 0. The first kappa shape index (κ1) is 49.6. The highest BCUT2D eigenvalue weighted by atomic mass is 19.4. The summed E-state index contributed by atoms with van der Waals surface area (Å²) in [5.74, 6) is -4.63. The molecule has 6 amide bonds. The van der Waals surface area contributed by atoms with Gasteiger partial charge in [-0.15, -0.1) is 13.2 Å². The van der Waals surface area contributed by atoms with E-state index in [0.717, 1.165) is 62.0 Å². The van der Waals surface area contributed by atoms with Crippen LogP contribution >= 0.6 is 0 Å². The third kappa shape index (κ3) is 10.3. The number of nitrogens with one attached hydrogen (secondary N) is 9. The van der Waals surface area contributed by atoms with E-state index in [1.165, 1.54) is 36.8 Å². The maximum absolute atomic E-state index is 15.3. The summed E-state index contributed by atoms with van der Waals surface area (Å²) in [5, 5.41) is 19.5. The van der Waals surface area contributed by atoms with E-state index in [1.807, 2.05) is 0 Å². The Bertz CT molecular complexity index is 3380. The van der Waals surface area contributed by atoms with Crippen LogP contribution in [-0.2, 0) is 20.4 Å². The van der Waals surface area contributed by atoms with Crippen molar-refractivity contribution in [3.8, 4) is 28.3 Å². The molecule has 23 heteroatoms. The van der Waals surface area contributed by atoms with Crippen LogP contribution in [0.25, 0.3) is 22.5 Å². The Kier molecular flexibility index (Phi) is 13.1. The summed E-state index contributed by atoms with van der Waals surface area (Å²) < 4.78 is 60.2. The first-order valence-corrected chi connectivity index (χ1v) is 23.8. The predicted molar refractivity (Wildman–Crippen MR) is 266 cm³/mol. The number of carbonyl (C=O) groups is 6. The molecule has 2 saturated heterocycles. The van der Waals surface area contributed by atoms with Gasteiger partial charge in [-0.1, -0.05) is 6.58 Å². The first-order chi connectivity index (χ1) is 36.0. The highest BCUT2D eigenvalue weighted by molar-refractivity contribution is 6.30. The summed E-state index contributed by atoms with van der Waals surface area (Å²) in [6, 6.07) is 16.6. The fraction of sp³-hybridized carbons (Fsp3) is 0.250. The lowest BCUT2D eigenvalue weighted by molar-refractivity contribution is -0.543. The number of halogens is 4. The van der Waals surface area contributed by atoms with Gasteiger partial charge in [0.05, 0.1) is 27.9 Å². The summed E-state index contributed by atoms with van der Waals surface area (Å²) in [5.41, 5.74) is 3.12. The molecule has 4 aromatic heterocycles. The number of piperidine rings is 2. The van der Waals surface area contributed by atoms with Crippen molar-refractivity contribution in [3.63, 3.8) is 0 Å². The number of nitrogens with zero attached hydrogens (tertiary/aromatic N) is 3. The quantitative estimate of drug-likeness (QED) is 0.0416. The first-order valence-electron chi connectivity index (χ1n) is 23.8. The Labute approximate surface area is 424 Å². The van der Waals surface area contributed by atoms with Crippen LogP contribution in [0, 0.1) is 5.82 Å². The fourth-order valence-corrected chi connectivity index (χ4v) is 10.2. The number of hydrogen-bond donors (Lipinski definition) is 9. The number of amides is 6. The van der Waals surface area contributed by atoms with Gasteiger partial charge in [0.1, 0.15) is 24.0 Å². The standard InChI is InChI=1S/C52H46F4N12O7/c1-2-42(69)63-38-18-31(6-8-39(38)75-52(54,55)56)47(72)67-41-20-29(10-15-59-41)36-22-33-45(65-36)51(26-61-49(33)74)12-4-16-68(27-51)23-43(70)62-37-17-30(5-7-34(37)53)46(71)66-40-19-28(9-14-58-40)35-21-32-44(64-35)50(25-60-48(32)73)11-3-13-57-24-50/h2,5-10,14-15,17-23,57H,1,3-4,11-13,16,24-27H2,(H7-,58,59,60,61,62,63,64,65,66,67,69,70,71,72,73,74)/p+1. The molecule has 2 unspecified atom stereocenters. The van der Waals surface area contributed by atoms with Crippen molar-refractivity contribution < 1.29 is 55.6 Å². The molecule has 9 N–H and O–H groups in total. The molecule has 6 aromatic rings. The van der Waals surface area contributed by atoms with Gasteiger partial charge in [0.2, 0.25) is 12.1 Å². The summed E-state index contributed by atoms with van der Waals surface area (Å²) in [6.45, 7) is 6.42. The summed E-state index contributed by atoms with van der Waals surface area (Å²) >= 11 is 0. The molecule has 384 valence electrons. The minimum absolute atomic E-state index is 0.0456. The zero-order valence-electron chi connectivity index (χ0n) is 39.7. The molecule has 10 rings (SSSR count). The molecule has 0 bridgehead atoms. The molecular formula is C52H47F4N12O7+. The van der Waals surface area contributed by atoms with E-state index in [9.17, 15) is 41.9 Å². The topological polar surface area (TPSA) is 256 Å². The van der Waals surface area contributed by atoms with Crippen LogP contribution in [0.5, 0.6) is 5.75 Å². The number of alkyl halides is 3. The van der Waals surface area contributed by atoms with Crippen LogP contribution in [0.3, 0.4) is 0 Å². The lowest BCUT2D eigenvalue weighted by atomic mass is 9.74. The molecule has 0 aliphatic carbocycles. The fourth-order valence-electron chi connectivity index (χ4n) is 10.2. The number of H-pyrrole nitrogens is 2. The zero-order chi connectivity index (χ0) is 52.6. The van der Waals surface area contributed by atoms with E-state index in [4.69, 9.17) is 0 Å². The number of ether oxygens (including phenoxy) is 1. The minimum Gasteiger partial charge on any atom is -0.404 e. The van der Waals surface area contributed by atoms with Crippen molar-refractivity contribution in [2.75, 3.05) is 60.5 Å². The zero-order valence-corrected chi connectivity index (χ0v) is 39.7. The van der Waals surface area contributed by atoms with Crippen molar-refractivity contribution in [2.45, 2.75) is 42.9 Å². The summed E-state index contributed by atoms with van der Waals surface area (Å²) in [6.07, 6.45) is 3.15. The van der Waals surface area contributed by atoms with E-state index in [0.29, 0.717) is 65.3 Å². The van der Waals surface area contributed by atoms with Gasteiger partial charge in [0.25, 0.3) is 23.6 Å². The number of pyridine rings is 2. The predicted octanol–water partition coefficient (Wildman–Crippen LogP) is 6.00. The number of carbonyl (C=O) groups excluding carboxylic acids is 6. The Morgan fingerprint density at radius 1 is 0.693 bits per heavy atom. The van der Waals surface area contributed by atoms with Gasteiger partial charge >= 0.3 is 12.3 Å². The number of aromatic amines is 2. The van der Waals surface area contributed by atoms with Gasteiger partial charge in [-0.05, 0) is 105 Å². The van der Waals surface area contributed by atoms with Gasteiger partial charge in [0, 0.05) is 88.9 Å². The van der Waals surface area contributed by atoms with Crippen molar-refractivity contribution >= 4 is 64.7 Å². The monoisotopic (exact) mass is 1030 g/mol. The molecule has 2 fully saturated rings. The minimum atomic E-state index is -5.08. The second-order valence-electron chi connectivity index (χ2n) is 18.8. The van der Waals surface area contributed by atoms with Gasteiger partial charge in [-0.2, -0.15) is 0 Å². The molecule has 8 heterocycles. The molecule has 2 atom stereocenters. The molecular weight excluding hydrogens is 981 g/mol. The highest BCUT2D eigenvalue weighted by Crippen LogP contribution is 2.40. The highest BCUT2D eigenvalue weighted by Gasteiger charge is 2.47. The third-order valence-electron chi connectivity index (χ3n) is 13.8. The van der Waals surface area contributed by atoms with Crippen LogP contribution in [0.15, 0.2) is 97.8 Å². The van der Waals surface area contributed by atoms with Crippen molar-refractivity contribution in [1.29, 1.82) is 0 Å². The Morgan fingerprint density at radius 2 is 1.27 bits per heavy atom. The number of rotatable bonds is 11. The molecule has 2 spiro atoms. The average Bonchev–Trinajstić information content (AvgIpc) is 4.08. The van der Waals surface area contributed by atoms with Gasteiger partial charge in [-0.3, -0.25) is 28.8 Å². The van der Waals surface area contributed by atoms with Gasteiger partial charge in [0.15, 0.2) is 12.3 Å². The smallest absolute Gasteiger partial charge is 0.404 e. The van der Waals surface area contributed by atoms with Crippen molar-refractivity contribution in [3.05, 3.63) is 137 Å². The number of aromatic nitrogens is 4. The molecule has 0 radical (unpaired) electrons. The maximum atomic E-state index is 15.3. The lowest BCUT2D eigenvalue weighted by Crippen LogP contribution is -2.54. The normalized spacial score (nSPS) is 19.5. The van der Waals surface area contributed by atoms with E-state index in [1.54, 1.807) is 34.9 Å². The van der Waals surface area contributed by atoms with E-state index >= 15 is 4.39 Å². The second kappa shape index (κ2) is 19.8. The van der Waals surface area contributed by atoms with Gasteiger partial charge < -0.3 is 51.9 Å². The third-order valence-corrected chi connectivity index (χ3v) is 13.8. The van der Waals surface area contributed by atoms with Crippen molar-refractivity contribution in [2.24, 2.45) is 0 Å². The Balaban J connectivity index is 0.814. The van der Waals surface area contributed by atoms with Crippen LogP contribution < -0.4 is 42.0 Å². The van der Waals surface area contributed by atoms with Crippen LogP contribution in [0.1, 0.15) is 78.5 Å². The maximum Gasteiger partial charge on any atom is 0.573 e.